The minimum absolute atomic E-state index is 0.00183. The van der Waals surface area contributed by atoms with Gasteiger partial charge in [0.05, 0.1) is 17.1 Å². The Bertz CT molecular complexity index is 940. The first-order valence-electron chi connectivity index (χ1n) is 9.95. The number of benzene rings is 1. The fourth-order valence-electron chi connectivity index (χ4n) is 2.95. The number of aliphatic hydroxyl groups is 1. The van der Waals surface area contributed by atoms with Gasteiger partial charge in [-0.2, -0.15) is 0 Å². The van der Waals surface area contributed by atoms with Crippen molar-refractivity contribution in [3.63, 3.8) is 0 Å². The number of nitrogens with zero attached hydrogens (tertiary/aromatic N) is 1. The first-order chi connectivity index (χ1) is 14.4. The van der Waals surface area contributed by atoms with Crippen molar-refractivity contribution in [3.05, 3.63) is 41.7 Å². The molecule has 1 aromatic carbocycles. The van der Waals surface area contributed by atoms with E-state index in [2.05, 4.69) is 5.32 Å². The zero-order chi connectivity index (χ0) is 23.2. The van der Waals surface area contributed by atoms with Gasteiger partial charge in [-0.3, -0.25) is 10.1 Å². The van der Waals surface area contributed by atoms with Crippen LogP contribution in [0.1, 0.15) is 38.7 Å². The van der Waals surface area contributed by atoms with Gasteiger partial charge in [0.15, 0.2) is 21.4 Å². The molecule has 1 aromatic rings. The molecule has 0 unspecified atom stereocenters. The molecule has 8 nitrogen and oxygen atoms in total. The molecule has 1 atom stereocenters. The van der Waals surface area contributed by atoms with Crippen LogP contribution in [0.4, 0.5) is 9.18 Å². The van der Waals surface area contributed by atoms with Gasteiger partial charge in [0.2, 0.25) is 5.91 Å². The van der Waals surface area contributed by atoms with Gasteiger partial charge >= 0.3 is 6.03 Å². The van der Waals surface area contributed by atoms with Gasteiger partial charge in [0.25, 0.3) is 0 Å². The van der Waals surface area contributed by atoms with Crippen molar-refractivity contribution in [3.8, 4) is 5.75 Å². The lowest BCUT2D eigenvalue weighted by molar-refractivity contribution is -0.118. The van der Waals surface area contributed by atoms with Gasteiger partial charge in [-0.25, -0.2) is 17.6 Å². The van der Waals surface area contributed by atoms with Gasteiger partial charge in [-0.1, -0.05) is 25.1 Å². The molecule has 0 saturated carbocycles. The van der Waals surface area contributed by atoms with Crippen LogP contribution in [0.5, 0.6) is 5.75 Å². The Balaban J connectivity index is 1.87. The number of hydrogen-bond acceptors (Lipinski definition) is 6. The molecule has 172 valence electrons. The van der Waals surface area contributed by atoms with Crippen LogP contribution in [-0.4, -0.2) is 67.2 Å². The molecule has 0 spiro atoms. The monoisotopic (exact) mass is 456 g/mol. The van der Waals surface area contributed by atoms with Crippen LogP contribution >= 0.6 is 0 Å². The highest BCUT2D eigenvalue weighted by atomic mass is 32.2. The van der Waals surface area contributed by atoms with Crippen LogP contribution < -0.4 is 10.1 Å². The van der Waals surface area contributed by atoms with Gasteiger partial charge in [0.1, 0.15) is 13.2 Å². The number of halogens is 1. The third kappa shape index (κ3) is 8.29. The summed E-state index contributed by atoms with van der Waals surface area (Å²) in [6.45, 7) is 4.95. The zero-order valence-corrected chi connectivity index (χ0v) is 18.7. The highest BCUT2D eigenvalue weighted by Gasteiger charge is 2.25. The quantitative estimate of drug-likeness (QED) is 0.389. The molecular formula is C21H29FN2O6S. The summed E-state index contributed by atoms with van der Waals surface area (Å²) in [5, 5.41) is 11.9. The smallest absolute Gasteiger partial charge is 0.324 e. The molecule has 0 aromatic heterocycles. The van der Waals surface area contributed by atoms with Gasteiger partial charge in [-0.15, -0.1) is 0 Å². The minimum Gasteiger partial charge on any atom is -0.488 e. The van der Waals surface area contributed by atoms with Crippen molar-refractivity contribution in [1.82, 2.24) is 10.2 Å². The molecule has 1 fully saturated rings. The molecule has 0 bridgehead atoms. The second-order valence-electron chi connectivity index (χ2n) is 8.30. The molecule has 10 heteroatoms. The lowest BCUT2D eigenvalue weighted by Gasteiger charge is -2.19. The van der Waals surface area contributed by atoms with Gasteiger partial charge in [0, 0.05) is 6.54 Å². The number of hydrogen-bond donors (Lipinski definition) is 2. The predicted octanol–water partition coefficient (Wildman–Crippen LogP) is 1.99. The average Bonchev–Trinajstić information content (AvgIpc) is 2.96. The number of urea groups is 1. The van der Waals surface area contributed by atoms with E-state index in [0.717, 1.165) is 0 Å². The Morgan fingerprint density at radius 2 is 2.03 bits per heavy atom. The van der Waals surface area contributed by atoms with Crippen LogP contribution in [0.25, 0.3) is 0 Å². The van der Waals surface area contributed by atoms with Crippen molar-refractivity contribution in [2.75, 3.05) is 31.2 Å². The molecule has 1 aliphatic heterocycles. The van der Waals surface area contributed by atoms with E-state index in [1.165, 1.54) is 36.9 Å². The molecule has 1 aliphatic rings. The largest absolute Gasteiger partial charge is 0.488 e. The molecule has 0 aliphatic carbocycles. The third-order valence-corrected chi connectivity index (χ3v) is 6.43. The summed E-state index contributed by atoms with van der Waals surface area (Å²) in [4.78, 5) is 23.8. The molecule has 2 rings (SSSR count). The van der Waals surface area contributed by atoms with Crippen LogP contribution in [0.2, 0.25) is 0 Å². The Morgan fingerprint density at radius 3 is 2.65 bits per heavy atom. The highest BCUT2D eigenvalue weighted by molar-refractivity contribution is 7.91. The topological polar surface area (TPSA) is 113 Å². The van der Waals surface area contributed by atoms with E-state index in [0.29, 0.717) is 5.56 Å². The molecule has 3 amide bonds. The van der Waals surface area contributed by atoms with E-state index in [9.17, 15) is 27.5 Å². The summed E-state index contributed by atoms with van der Waals surface area (Å²) in [6.07, 6.45) is 3.60. The molecule has 1 heterocycles. The molecule has 1 saturated heterocycles. The fourth-order valence-corrected chi connectivity index (χ4v) is 4.57. The number of imide groups is 1. The Kier molecular flexibility index (Phi) is 8.19. The number of nitrogens with one attached hydrogen (secondary N) is 1. The van der Waals surface area contributed by atoms with E-state index >= 15 is 0 Å². The van der Waals surface area contributed by atoms with Crippen molar-refractivity contribution in [2.45, 2.75) is 38.7 Å². The Labute approximate surface area is 182 Å². The van der Waals surface area contributed by atoms with E-state index in [4.69, 9.17) is 4.74 Å². The van der Waals surface area contributed by atoms with E-state index in [1.54, 1.807) is 19.1 Å². The molecule has 31 heavy (non-hydrogen) atoms. The number of rotatable bonds is 11. The van der Waals surface area contributed by atoms with Gasteiger partial charge in [-0.05, 0) is 43.9 Å². The van der Waals surface area contributed by atoms with Crippen molar-refractivity contribution in [2.24, 2.45) is 0 Å². The molecule has 0 radical (unpaired) electrons. The number of amides is 3. The summed E-state index contributed by atoms with van der Waals surface area (Å²) in [5.41, 5.74) is -0.505. The number of ether oxygens (including phenoxy) is 1. The summed E-state index contributed by atoms with van der Waals surface area (Å²) in [5.74, 6) is -1.52. The molecule has 2 N–H and O–H groups in total. The molecular weight excluding hydrogens is 427 g/mol. The van der Waals surface area contributed by atoms with Crippen molar-refractivity contribution < 1.29 is 32.2 Å². The van der Waals surface area contributed by atoms with Crippen LogP contribution in [0.3, 0.4) is 0 Å². The van der Waals surface area contributed by atoms with Crippen LogP contribution in [-0.2, 0) is 14.6 Å². The summed E-state index contributed by atoms with van der Waals surface area (Å²) in [7, 11) is -3.38. The lowest BCUT2D eigenvalue weighted by Crippen LogP contribution is -2.28. The number of allylic oxidation sites excluding steroid dienone is 1. The normalized spacial score (nSPS) is 16.1. The first-order valence-corrected chi connectivity index (χ1v) is 11.8. The Hall–Kier alpha value is -2.46. The summed E-state index contributed by atoms with van der Waals surface area (Å²) >= 11 is 0. The van der Waals surface area contributed by atoms with Crippen molar-refractivity contribution in [1.29, 1.82) is 0 Å². The van der Waals surface area contributed by atoms with E-state index in [-0.39, 0.29) is 55.2 Å². The second-order valence-corrected chi connectivity index (χ2v) is 10.5. The third-order valence-electron chi connectivity index (χ3n) is 4.57. The standard InChI is InChI=1S/C21H29FN2O6S/c1-15(16-7-8-17(22)18(11-16)30-14-21(2,3)27)13-31(28,29)10-6-4-5-9-24-12-19(25)23-20(24)26/h4-5,7-8,11,15,27H,6,9-10,12-14H2,1-3H3,(H,23,25,26)/b5-4+/t15-/m0/s1. The SMILES string of the molecule is C[C@@H](CS(=O)(=O)CC/C=C/CN1CC(=O)NC1=O)c1ccc(F)c(OCC(C)(C)O)c1. The zero-order valence-electron chi connectivity index (χ0n) is 17.9. The maximum absolute atomic E-state index is 14.0. The maximum Gasteiger partial charge on any atom is 0.324 e. The maximum atomic E-state index is 14.0. The van der Waals surface area contributed by atoms with Crippen molar-refractivity contribution >= 4 is 21.8 Å². The fraction of sp³-hybridized carbons (Fsp3) is 0.524. The second kappa shape index (κ2) is 10.2. The summed E-state index contributed by atoms with van der Waals surface area (Å²) in [6, 6.07) is 3.75. The van der Waals surface area contributed by atoms with Gasteiger partial charge < -0.3 is 14.7 Å². The first kappa shape index (κ1) is 24.8. The minimum atomic E-state index is -3.38. The number of sulfone groups is 1. The van der Waals surface area contributed by atoms with Crippen LogP contribution in [0.15, 0.2) is 30.4 Å². The summed E-state index contributed by atoms with van der Waals surface area (Å²) < 4.78 is 44.2. The van der Waals surface area contributed by atoms with E-state index < -0.39 is 27.3 Å². The lowest BCUT2D eigenvalue weighted by atomic mass is 10.0. The van der Waals surface area contributed by atoms with E-state index in [1.807, 2.05) is 0 Å². The average molecular weight is 457 g/mol. The number of carbonyl (C=O) groups is 2. The Morgan fingerprint density at radius 1 is 1.32 bits per heavy atom. The number of carbonyl (C=O) groups excluding carboxylic acids is 2. The highest BCUT2D eigenvalue weighted by Crippen LogP contribution is 2.26. The predicted molar refractivity (Wildman–Crippen MR) is 114 cm³/mol. The van der Waals surface area contributed by atoms with Crippen LogP contribution in [0, 0.1) is 5.82 Å².